The fourth-order valence-electron chi connectivity index (χ4n) is 7.56. The molecule has 0 aliphatic carbocycles. The second-order valence-electron chi connectivity index (χ2n) is 16.8. The summed E-state index contributed by atoms with van der Waals surface area (Å²) in [4.78, 5) is 91.7. The first-order valence-electron chi connectivity index (χ1n) is 23.1. The van der Waals surface area contributed by atoms with Gasteiger partial charge in [-0.1, -0.05) is 66.4 Å². The molecule has 1 fully saturated rings. The number of nitrogens with one attached hydrogen (secondary N) is 2. The summed E-state index contributed by atoms with van der Waals surface area (Å²) in [6, 6.07) is 24.2. The smallest absolute Gasteiger partial charge is 0.410 e. The van der Waals surface area contributed by atoms with Gasteiger partial charge in [0.15, 0.2) is 11.9 Å². The molecule has 71 heavy (non-hydrogen) atoms. The number of ether oxygens (including phenoxy) is 4. The zero-order valence-electron chi connectivity index (χ0n) is 39.9. The Balaban J connectivity index is 1.04. The number of anilines is 2. The monoisotopic (exact) mass is 995 g/mol. The molecule has 6 atom stereocenters. The minimum absolute atomic E-state index is 0.0519. The SMILES string of the molecule is [2H]PCC(=O)CN(C)C(=O)OCc1ccc(CC(=O)Oc2cc(C)c(OC3OC(C(=O)O)C(O)C(O)C3O)c(NC(=O)CCNC(=O)CCCCC(=O)N3Cc4ccccc4C#Cc4ccccc43)c2)cc1. The minimum atomic E-state index is -2.00. The molecule has 20 heteroatoms. The molecular weight excluding hydrogens is 940 g/mol. The third-order valence-electron chi connectivity index (χ3n) is 11.3. The molecular formula is C51H55N4O15P. The van der Waals surface area contributed by atoms with E-state index in [1.165, 1.54) is 26.1 Å². The molecule has 19 nitrogen and oxygen atoms in total. The van der Waals surface area contributed by atoms with E-state index in [1.807, 2.05) is 48.5 Å². The number of nitrogens with zero attached hydrogens (tertiary/aromatic N) is 2. The number of hydrogen-bond donors (Lipinski definition) is 6. The van der Waals surface area contributed by atoms with Crippen LogP contribution in [0.1, 0.15) is 65.5 Å². The van der Waals surface area contributed by atoms with Crippen molar-refractivity contribution in [3.63, 3.8) is 0 Å². The number of para-hydroxylation sites is 1. The lowest BCUT2D eigenvalue weighted by Crippen LogP contribution is -2.61. The van der Waals surface area contributed by atoms with Crippen LogP contribution in [0.25, 0.3) is 0 Å². The van der Waals surface area contributed by atoms with Crippen LogP contribution in [-0.4, -0.2) is 125 Å². The Morgan fingerprint density at radius 3 is 2.30 bits per heavy atom. The molecule has 2 aliphatic rings. The summed E-state index contributed by atoms with van der Waals surface area (Å²) in [6.45, 7) is 1.46. The first-order valence-corrected chi connectivity index (χ1v) is 23.3. The molecule has 6 rings (SSSR count). The van der Waals surface area contributed by atoms with Gasteiger partial charge in [0, 0.05) is 56.2 Å². The average molecular weight is 996 g/mol. The van der Waals surface area contributed by atoms with E-state index >= 15 is 0 Å². The highest BCUT2D eigenvalue weighted by atomic mass is 31.0. The Hall–Kier alpha value is -7.20. The van der Waals surface area contributed by atoms with E-state index in [0.29, 0.717) is 36.2 Å². The van der Waals surface area contributed by atoms with Crippen molar-refractivity contribution >= 4 is 62.1 Å². The lowest BCUT2D eigenvalue weighted by atomic mass is 9.99. The number of carbonyl (C=O) groups excluding carboxylic acids is 6. The van der Waals surface area contributed by atoms with E-state index in [0.717, 1.165) is 21.6 Å². The Bertz CT molecular complexity index is 2710. The molecule has 374 valence electrons. The van der Waals surface area contributed by atoms with Crippen molar-refractivity contribution in [2.75, 3.05) is 36.5 Å². The number of Topliss-reactive ketones (excluding diaryl/α,β-unsaturated/α-hetero) is 1. The number of rotatable bonds is 21. The highest BCUT2D eigenvalue weighted by Crippen LogP contribution is 2.37. The lowest BCUT2D eigenvalue weighted by molar-refractivity contribution is -0.271. The molecule has 0 aromatic heterocycles. The molecule has 0 radical (unpaired) electrons. The molecule has 4 aromatic carbocycles. The first-order chi connectivity index (χ1) is 34.5. The van der Waals surface area contributed by atoms with Gasteiger partial charge < -0.3 is 59.8 Å². The third kappa shape index (κ3) is 14.7. The fraction of sp³-hybridized carbons (Fsp3) is 0.353. The molecule has 2 aliphatic heterocycles. The van der Waals surface area contributed by atoms with E-state index in [9.17, 15) is 54.0 Å². The number of carbonyl (C=O) groups is 7. The van der Waals surface area contributed by atoms with Crippen molar-refractivity contribution in [2.24, 2.45) is 0 Å². The maximum atomic E-state index is 13.6. The van der Waals surface area contributed by atoms with Gasteiger partial charge in [0.05, 0.1) is 32.2 Å². The van der Waals surface area contributed by atoms with E-state index in [2.05, 4.69) is 22.5 Å². The number of likely N-dealkylation sites (N-methyl/N-ethyl adjacent to an activating group) is 1. The summed E-state index contributed by atoms with van der Waals surface area (Å²) in [5, 5.41) is 46.2. The van der Waals surface area contributed by atoms with Crippen LogP contribution < -0.4 is 25.0 Å². The third-order valence-corrected chi connectivity index (χ3v) is 11.7. The highest BCUT2D eigenvalue weighted by molar-refractivity contribution is 7.18. The van der Waals surface area contributed by atoms with Crippen LogP contribution in [0.2, 0.25) is 0 Å². The molecule has 0 bridgehead atoms. The van der Waals surface area contributed by atoms with E-state index in [-0.39, 0.29) is 101 Å². The van der Waals surface area contributed by atoms with Crippen LogP contribution in [-0.2, 0) is 57.8 Å². The Morgan fingerprint density at radius 2 is 1.55 bits per heavy atom. The number of aryl methyl sites for hydroxylation is 1. The number of carboxylic acid groups (broad SMARTS) is 1. The normalized spacial score (nSPS) is 18.2. The minimum Gasteiger partial charge on any atom is -0.479 e. The van der Waals surface area contributed by atoms with Gasteiger partial charge in [-0.15, -0.1) is 9.18 Å². The molecule has 6 N–H and O–H groups in total. The Morgan fingerprint density at radius 1 is 0.859 bits per heavy atom. The maximum absolute atomic E-state index is 13.6. The van der Waals surface area contributed by atoms with Crippen LogP contribution in [0.5, 0.6) is 11.5 Å². The van der Waals surface area contributed by atoms with Crippen LogP contribution in [0.3, 0.4) is 0 Å². The van der Waals surface area contributed by atoms with Crippen LogP contribution in [0.4, 0.5) is 16.2 Å². The highest BCUT2D eigenvalue weighted by Gasteiger charge is 2.48. The van der Waals surface area contributed by atoms with Crippen LogP contribution in [0.15, 0.2) is 84.9 Å². The quantitative estimate of drug-likeness (QED) is 0.0230. The number of aliphatic hydroxyl groups excluding tert-OH is 3. The van der Waals surface area contributed by atoms with Gasteiger partial charge in [0.25, 0.3) is 0 Å². The Labute approximate surface area is 412 Å². The lowest BCUT2D eigenvalue weighted by Gasteiger charge is -2.38. The zero-order valence-corrected chi connectivity index (χ0v) is 39.9. The standard InChI is InChI=1S/C51H55N4O15P/c1-30-23-37(68-43(60)24-31-15-17-32(18-16-31)28-67-51(66)54(2)27-36(56)29-71)25-38(47(30)69-50-46(63)44(61)45(62)48(70-50)49(64)65)53-41(58)21-22-52-40(57)13-7-8-14-42(59)55-26-35-11-4-3-9-33(35)19-20-34-10-5-6-12-39(34)55/h3-6,9-12,15-18,23,25,44-46,48,50,61-63H,7-8,13-14,21-22,24,26-29,71H2,1-2H3,(H,52,57)(H,53,58)(H,64,65)/i71D. The second kappa shape index (κ2) is 25.1. The summed E-state index contributed by atoms with van der Waals surface area (Å²) < 4.78 is 29.2. The predicted molar refractivity (Wildman–Crippen MR) is 259 cm³/mol. The number of carboxylic acids is 1. The number of esters is 1. The summed E-state index contributed by atoms with van der Waals surface area (Å²) in [6.07, 6.45) is -9.81. The van der Waals surface area contributed by atoms with Crippen molar-refractivity contribution in [2.45, 2.75) is 89.3 Å². The van der Waals surface area contributed by atoms with Gasteiger partial charge in [-0.2, -0.15) is 0 Å². The summed E-state index contributed by atoms with van der Waals surface area (Å²) in [7, 11) is 1.11. The molecule has 4 aromatic rings. The van der Waals surface area contributed by atoms with E-state index in [4.69, 9.17) is 20.2 Å². The van der Waals surface area contributed by atoms with Gasteiger partial charge in [0.1, 0.15) is 36.4 Å². The number of unbranched alkanes of at least 4 members (excludes halogenated alkanes) is 1. The van der Waals surface area contributed by atoms with Crippen molar-refractivity contribution in [1.82, 2.24) is 10.2 Å². The Kier molecular flexibility index (Phi) is 18.2. The molecule has 6 unspecified atom stereocenters. The number of aliphatic carboxylic acids is 1. The predicted octanol–water partition coefficient (Wildman–Crippen LogP) is 3.38. The van der Waals surface area contributed by atoms with Gasteiger partial charge >= 0.3 is 18.0 Å². The largest absolute Gasteiger partial charge is 0.479 e. The van der Waals surface area contributed by atoms with E-state index < -0.39 is 54.6 Å². The van der Waals surface area contributed by atoms with Crippen molar-refractivity contribution in [1.29, 1.82) is 1.28 Å². The molecule has 4 amide bonds. The number of ketones is 1. The number of aliphatic hydroxyl groups is 3. The first kappa shape index (κ1) is 51.6. The average Bonchev–Trinajstić information content (AvgIpc) is 3.34. The van der Waals surface area contributed by atoms with Gasteiger partial charge in [-0.3, -0.25) is 24.0 Å². The van der Waals surface area contributed by atoms with Gasteiger partial charge in [0.2, 0.25) is 24.0 Å². The van der Waals surface area contributed by atoms with Crippen LogP contribution in [0, 0.1) is 18.8 Å². The van der Waals surface area contributed by atoms with Gasteiger partial charge in [-0.05, 0) is 66.3 Å². The van der Waals surface area contributed by atoms with Gasteiger partial charge in [-0.25, -0.2) is 9.59 Å². The van der Waals surface area contributed by atoms with Crippen molar-refractivity contribution in [3.8, 4) is 23.3 Å². The number of fused-ring (bicyclic) bond motifs is 2. The molecule has 0 saturated carbocycles. The molecule has 2 heterocycles. The number of amides is 4. The van der Waals surface area contributed by atoms with Crippen molar-refractivity contribution in [3.05, 3.63) is 118 Å². The summed E-state index contributed by atoms with van der Waals surface area (Å²) in [5.74, 6) is 2.42. The zero-order chi connectivity index (χ0) is 51.9. The van der Waals surface area contributed by atoms with Crippen molar-refractivity contribution < 1.29 is 72.9 Å². The van der Waals surface area contributed by atoms with E-state index in [1.54, 1.807) is 29.2 Å². The fourth-order valence-corrected chi connectivity index (χ4v) is 7.67. The molecule has 1 saturated heterocycles. The number of hydrogen-bond acceptors (Lipinski definition) is 14. The van der Waals surface area contributed by atoms with Crippen LogP contribution >= 0.6 is 9.18 Å². The second-order valence-corrected chi connectivity index (χ2v) is 17.2. The summed E-state index contributed by atoms with van der Waals surface area (Å²) in [5.41, 5.74) is 4.43. The number of benzene rings is 4. The topological polar surface area (TPSA) is 268 Å². The molecule has 0 spiro atoms. The summed E-state index contributed by atoms with van der Waals surface area (Å²) >= 11 is 0. The maximum Gasteiger partial charge on any atom is 0.410 e.